The van der Waals surface area contributed by atoms with Gasteiger partial charge in [0.05, 0.1) is 16.6 Å². The summed E-state index contributed by atoms with van der Waals surface area (Å²) in [5.74, 6) is 1.61. The van der Waals surface area contributed by atoms with Gasteiger partial charge in [-0.1, -0.05) is 0 Å². The van der Waals surface area contributed by atoms with Crippen molar-refractivity contribution in [2.75, 3.05) is 26.2 Å². The first-order chi connectivity index (χ1) is 15.9. The Labute approximate surface area is 200 Å². The molecule has 2 aromatic rings. The molecular formula is C24H34ClN7O. The lowest BCUT2D eigenvalue weighted by Crippen LogP contribution is -2.62. The molecule has 0 spiro atoms. The van der Waals surface area contributed by atoms with E-state index in [-0.39, 0.29) is 11.0 Å². The van der Waals surface area contributed by atoms with E-state index >= 15 is 0 Å². The molecule has 8 nitrogen and oxygen atoms in total. The summed E-state index contributed by atoms with van der Waals surface area (Å²) in [6.45, 7) is 9.51. The number of halogens is 1. The molecule has 5 fully saturated rings. The van der Waals surface area contributed by atoms with Crippen LogP contribution in [0.15, 0.2) is 12.5 Å². The fourth-order valence-electron chi connectivity index (χ4n) is 7.77. The van der Waals surface area contributed by atoms with E-state index in [0.717, 1.165) is 77.1 Å². The van der Waals surface area contributed by atoms with Gasteiger partial charge in [-0.3, -0.25) is 14.4 Å². The van der Waals surface area contributed by atoms with Gasteiger partial charge in [0.1, 0.15) is 6.33 Å². The third kappa shape index (κ3) is 3.60. The Balaban J connectivity index is 1.15. The molecule has 33 heavy (non-hydrogen) atoms. The topological polar surface area (TPSA) is 72.1 Å². The summed E-state index contributed by atoms with van der Waals surface area (Å²) in [5, 5.41) is 9.39. The number of rotatable bonds is 5. The second-order valence-corrected chi connectivity index (χ2v) is 11.4. The van der Waals surface area contributed by atoms with E-state index in [1.807, 2.05) is 9.36 Å². The van der Waals surface area contributed by atoms with Gasteiger partial charge in [0.15, 0.2) is 0 Å². The molecule has 1 saturated heterocycles. The Morgan fingerprint density at radius 2 is 1.85 bits per heavy atom. The third-order valence-electron chi connectivity index (χ3n) is 8.86. The Morgan fingerprint density at radius 3 is 2.45 bits per heavy atom. The molecule has 4 bridgehead atoms. The van der Waals surface area contributed by atoms with Crippen LogP contribution in [0.25, 0.3) is 0 Å². The summed E-state index contributed by atoms with van der Waals surface area (Å²) in [7, 11) is 0. The molecule has 9 heteroatoms. The first kappa shape index (κ1) is 21.6. The molecule has 0 N–H and O–H groups in total. The van der Waals surface area contributed by atoms with E-state index in [1.54, 1.807) is 6.33 Å². The largest absolute Gasteiger partial charge is 0.340 e. The SMILES string of the molecule is CCn1cc(CN2CCN(C(=O)C34CC5CC(C3)CC(n3cnc(Cl)n3)(C5)C4)CC2)c(C)n1. The molecule has 4 saturated carbocycles. The van der Waals surface area contributed by atoms with Crippen LogP contribution in [0.2, 0.25) is 5.28 Å². The number of hydrogen-bond acceptors (Lipinski definition) is 5. The molecule has 1 amide bonds. The minimum absolute atomic E-state index is 0.0847. The fourth-order valence-corrected chi connectivity index (χ4v) is 7.89. The zero-order valence-corrected chi connectivity index (χ0v) is 20.5. The normalized spacial score (nSPS) is 33.7. The summed E-state index contributed by atoms with van der Waals surface area (Å²) in [6.07, 6.45) is 10.4. The fraction of sp³-hybridized carbons (Fsp3) is 0.750. The molecule has 3 heterocycles. The van der Waals surface area contributed by atoms with Crippen molar-refractivity contribution in [2.45, 2.75) is 71.0 Å². The molecule has 1 aliphatic heterocycles. The van der Waals surface area contributed by atoms with Gasteiger partial charge in [0.2, 0.25) is 11.2 Å². The Bertz CT molecular complexity index is 1040. The van der Waals surface area contributed by atoms with E-state index < -0.39 is 0 Å². The lowest BCUT2D eigenvalue weighted by molar-refractivity contribution is -0.168. The molecule has 2 atom stereocenters. The van der Waals surface area contributed by atoms with Crippen molar-refractivity contribution in [3.8, 4) is 0 Å². The maximum Gasteiger partial charge on any atom is 0.242 e. The average Bonchev–Trinajstić information content (AvgIpc) is 3.39. The molecule has 5 aliphatic rings. The summed E-state index contributed by atoms with van der Waals surface area (Å²) < 4.78 is 4.02. The van der Waals surface area contributed by atoms with Crippen LogP contribution in [0.4, 0.5) is 0 Å². The van der Waals surface area contributed by atoms with Crippen molar-refractivity contribution in [1.82, 2.24) is 34.3 Å². The summed E-state index contributed by atoms with van der Waals surface area (Å²) in [5.41, 5.74) is 2.09. The monoisotopic (exact) mass is 471 g/mol. The van der Waals surface area contributed by atoms with Gasteiger partial charge in [-0.15, -0.1) is 5.10 Å². The molecule has 7 rings (SSSR count). The lowest BCUT2D eigenvalue weighted by Gasteiger charge is -2.61. The number of aromatic nitrogens is 5. The van der Waals surface area contributed by atoms with Crippen LogP contribution in [-0.2, 0) is 23.4 Å². The van der Waals surface area contributed by atoms with E-state index in [1.165, 1.54) is 12.0 Å². The Morgan fingerprint density at radius 1 is 1.12 bits per heavy atom. The number of aryl methyl sites for hydroxylation is 2. The highest BCUT2D eigenvalue weighted by Gasteiger charge is 2.62. The van der Waals surface area contributed by atoms with Gasteiger partial charge >= 0.3 is 0 Å². The number of hydrogen-bond donors (Lipinski definition) is 0. The third-order valence-corrected chi connectivity index (χ3v) is 9.03. The van der Waals surface area contributed by atoms with Crippen molar-refractivity contribution < 1.29 is 4.79 Å². The van der Waals surface area contributed by atoms with Crippen LogP contribution in [0, 0.1) is 24.2 Å². The predicted octanol–water partition coefficient (Wildman–Crippen LogP) is 3.10. The molecular weight excluding hydrogens is 438 g/mol. The maximum atomic E-state index is 14.0. The predicted molar refractivity (Wildman–Crippen MR) is 125 cm³/mol. The van der Waals surface area contributed by atoms with Gasteiger partial charge in [-0.25, -0.2) is 9.67 Å². The molecule has 4 aliphatic carbocycles. The second-order valence-electron chi connectivity index (χ2n) is 11.1. The van der Waals surface area contributed by atoms with E-state index in [0.29, 0.717) is 23.0 Å². The van der Waals surface area contributed by atoms with Gasteiger partial charge in [0.25, 0.3) is 0 Å². The van der Waals surface area contributed by atoms with Crippen LogP contribution in [0.5, 0.6) is 0 Å². The van der Waals surface area contributed by atoms with Crippen LogP contribution in [0.1, 0.15) is 56.7 Å². The number of carbonyl (C=O) groups is 1. The van der Waals surface area contributed by atoms with Gasteiger partial charge in [-0.05, 0) is 75.8 Å². The standard InChI is InChI=1S/C24H34ClN7O/c1-3-31-14-20(17(2)27-31)13-29-4-6-30(7-5-29)21(33)23-9-18-8-19(10-23)12-24(11-18,15-23)32-16-26-22(25)28-32/h14,16,18-19H,3-13,15H2,1-2H3. The highest BCUT2D eigenvalue weighted by Crippen LogP contribution is 2.64. The summed E-state index contributed by atoms with van der Waals surface area (Å²) in [6, 6.07) is 0. The van der Waals surface area contributed by atoms with Crippen molar-refractivity contribution in [2.24, 2.45) is 17.3 Å². The number of amides is 1. The average molecular weight is 472 g/mol. The van der Waals surface area contributed by atoms with Crippen LogP contribution < -0.4 is 0 Å². The summed E-state index contributed by atoms with van der Waals surface area (Å²) in [4.78, 5) is 22.8. The van der Waals surface area contributed by atoms with E-state index in [9.17, 15) is 4.79 Å². The van der Waals surface area contributed by atoms with Crippen molar-refractivity contribution in [3.63, 3.8) is 0 Å². The van der Waals surface area contributed by atoms with Crippen molar-refractivity contribution in [1.29, 1.82) is 0 Å². The van der Waals surface area contributed by atoms with Gasteiger partial charge < -0.3 is 4.90 Å². The summed E-state index contributed by atoms with van der Waals surface area (Å²) >= 11 is 6.08. The van der Waals surface area contributed by atoms with E-state index in [2.05, 4.69) is 45.0 Å². The van der Waals surface area contributed by atoms with Crippen molar-refractivity contribution >= 4 is 17.5 Å². The van der Waals surface area contributed by atoms with E-state index in [4.69, 9.17) is 11.6 Å². The molecule has 178 valence electrons. The molecule has 0 radical (unpaired) electrons. The number of piperazine rings is 1. The lowest BCUT2D eigenvalue weighted by atomic mass is 9.46. The highest BCUT2D eigenvalue weighted by atomic mass is 35.5. The number of nitrogens with zero attached hydrogens (tertiary/aromatic N) is 7. The first-order valence-corrected chi connectivity index (χ1v) is 12.9. The minimum Gasteiger partial charge on any atom is -0.340 e. The quantitative estimate of drug-likeness (QED) is 0.670. The second kappa shape index (κ2) is 7.80. The zero-order valence-electron chi connectivity index (χ0n) is 19.7. The van der Waals surface area contributed by atoms with Gasteiger partial charge in [-0.2, -0.15) is 5.10 Å². The highest BCUT2D eigenvalue weighted by molar-refractivity contribution is 6.28. The maximum absolute atomic E-state index is 14.0. The van der Waals surface area contributed by atoms with Gasteiger partial charge in [0, 0.05) is 51.0 Å². The first-order valence-electron chi connectivity index (χ1n) is 12.5. The van der Waals surface area contributed by atoms with Crippen LogP contribution in [0.3, 0.4) is 0 Å². The van der Waals surface area contributed by atoms with Crippen molar-refractivity contribution in [3.05, 3.63) is 29.1 Å². The Kier molecular flexibility index (Phi) is 5.11. The molecule has 2 aromatic heterocycles. The number of carbonyl (C=O) groups excluding carboxylic acids is 1. The molecule has 2 unspecified atom stereocenters. The Hall–Kier alpha value is -1.93. The van der Waals surface area contributed by atoms with Crippen LogP contribution >= 0.6 is 11.6 Å². The minimum atomic E-state index is -0.233. The molecule has 0 aromatic carbocycles. The zero-order chi connectivity index (χ0) is 22.8. The van der Waals surface area contributed by atoms with Crippen LogP contribution in [-0.4, -0.2) is 66.4 Å². The smallest absolute Gasteiger partial charge is 0.242 e.